The number of hydrogen-bond donors (Lipinski definition) is 1. The molecule has 1 aromatic carbocycles. The first-order valence-electron chi connectivity index (χ1n) is 6.48. The van der Waals surface area contributed by atoms with Gasteiger partial charge < -0.3 is 10.2 Å². The Morgan fingerprint density at radius 2 is 2.00 bits per heavy atom. The van der Waals surface area contributed by atoms with Gasteiger partial charge in [0.15, 0.2) is 0 Å². The number of halogens is 1. The summed E-state index contributed by atoms with van der Waals surface area (Å²) in [5.74, 6) is 0. The van der Waals surface area contributed by atoms with Crippen molar-refractivity contribution in [2.24, 2.45) is 0 Å². The van der Waals surface area contributed by atoms with E-state index in [-0.39, 0.29) is 0 Å². The molecule has 0 aliphatic carbocycles. The average Bonchev–Trinajstić information content (AvgIpc) is 2.38. The van der Waals surface area contributed by atoms with Gasteiger partial charge in [0, 0.05) is 17.6 Å². The number of hydrogen-bond acceptors (Lipinski definition) is 2. The molecule has 0 amide bonds. The van der Waals surface area contributed by atoms with Gasteiger partial charge >= 0.3 is 0 Å². The third-order valence-corrected chi connectivity index (χ3v) is 3.94. The smallest absolute Gasteiger partial charge is 0.0450 e. The molecule has 0 unspecified atom stereocenters. The van der Waals surface area contributed by atoms with E-state index in [1.807, 2.05) is 18.2 Å². The van der Waals surface area contributed by atoms with E-state index in [1.54, 1.807) is 0 Å². The van der Waals surface area contributed by atoms with Crippen LogP contribution in [0.5, 0.6) is 0 Å². The lowest BCUT2D eigenvalue weighted by Gasteiger charge is -2.31. The van der Waals surface area contributed by atoms with Crippen molar-refractivity contribution in [3.8, 4) is 0 Å². The number of piperidine rings is 1. The molecule has 0 aromatic heterocycles. The molecule has 2 nitrogen and oxygen atoms in total. The Kier molecular flexibility index (Phi) is 4.84. The van der Waals surface area contributed by atoms with E-state index in [1.165, 1.54) is 38.0 Å². The topological polar surface area (TPSA) is 15.3 Å². The Bertz CT molecular complexity index is 346. The van der Waals surface area contributed by atoms with E-state index in [0.717, 1.165) is 11.6 Å². The van der Waals surface area contributed by atoms with Gasteiger partial charge in [0.2, 0.25) is 0 Å². The maximum Gasteiger partial charge on any atom is 0.0450 e. The molecular weight excluding hydrogens is 232 g/mol. The lowest BCUT2D eigenvalue weighted by atomic mass is 10.0. The van der Waals surface area contributed by atoms with Crippen molar-refractivity contribution in [1.82, 2.24) is 10.2 Å². The van der Waals surface area contributed by atoms with Crippen LogP contribution in [0, 0.1) is 0 Å². The van der Waals surface area contributed by atoms with E-state index in [9.17, 15) is 0 Å². The monoisotopic (exact) mass is 252 g/mol. The molecule has 1 saturated heterocycles. The van der Waals surface area contributed by atoms with Crippen molar-refractivity contribution in [3.05, 3.63) is 34.9 Å². The first-order chi connectivity index (χ1) is 8.29. The standard InChI is InChI=1S/C14H21ClN2/c1-2-17-9-7-13(8-10-17)16-11-12-5-3-4-6-14(12)15/h3-6,13,16H,2,7-11H2,1H3. The van der Waals surface area contributed by atoms with Crippen LogP contribution in [-0.2, 0) is 6.54 Å². The van der Waals surface area contributed by atoms with Crippen molar-refractivity contribution >= 4 is 11.6 Å². The molecule has 1 heterocycles. The molecule has 0 radical (unpaired) electrons. The first kappa shape index (κ1) is 12.9. The van der Waals surface area contributed by atoms with E-state index >= 15 is 0 Å². The van der Waals surface area contributed by atoms with Crippen LogP contribution in [0.1, 0.15) is 25.3 Å². The summed E-state index contributed by atoms with van der Waals surface area (Å²) in [7, 11) is 0. The van der Waals surface area contributed by atoms with E-state index in [0.29, 0.717) is 6.04 Å². The maximum atomic E-state index is 6.14. The van der Waals surface area contributed by atoms with Crippen LogP contribution in [0.4, 0.5) is 0 Å². The molecule has 1 aromatic rings. The molecule has 3 heteroatoms. The van der Waals surface area contributed by atoms with Crippen LogP contribution >= 0.6 is 11.6 Å². The summed E-state index contributed by atoms with van der Waals surface area (Å²) < 4.78 is 0. The summed E-state index contributed by atoms with van der Waals surface area (Å²) in [6.07, 6.45) is 2.50. The Labute approximate surface area is 109 Å². The molecule has 1 fully saturated rings. The zero-order valence-corrected chi connectivity index (χ0v) is 11.2. The average molecular weight is 253 g/mol. The fourth-order valence-corrected chi connectivity index (χ4v) is 2.55. The highest BCUT2D eigenvalue weighted by Crippen LogP contribution is 2.16. The lowest BCUT2D eigenvalue weighted by Crippen LogP contribution is -2.42. The molecule has 1 aliphatic heterocycles. The highest BCUT2D eigenvalue weighted by Gasteiger charge is 2.17. The zero-order chi connectivity index (χ0) is 12.1. The predicted octanol–water partition coefficient (Wildman–Crippen LogP) is 2.91. The van der Waals surface area contributed by atoms with Gasteiger partial charge in [-0.1, -0.05) is 36.7 Å². The van der Waals surface area contributed by atoms with E-state index in [2.05, 4.69) is 23.2 Å². The summed E-state index contributed by atoms with van der Waals surface area (Å²) in [6, 6.07) is 8.72. The molecule has 1 N–H and O–H groups in total. The summed E-state index contributed by atoms with van der Waals surface area (Å²) in [4.78, 5) is 2.51. The molecule has 0 spiro atoms. The van der Waals surface area contributed by atoms with Gasteiger partial charge in [0.25, 0.3) is 0 Å². The second-order valence-corrected chi connectivity index (χ2v) is 5.09. The van der Waals surface area contributed by atoms with Crippen LogP contribution in [0.3, 0.4) is 0 Å². The minimum atomic E-state index is 0.647. The van der Waals surface area contributed by atoms with Crippen molar-refractivity contribution in [2.75, 3.05) is 19.6 Å². The summed E-state index contributed by atoms with van der Waals surface area (Å²) >= 11 is 6.14. The van der Waals surface area contributed by atoms with Crippen LogP contribution < -0.4 is 5.32 Å². The largest absolute Gasteiger partial charge is 0.310 e. The fraction of sp³-hybridized carbons (Fsp3) is 0.571. The highest BCUT2D eigenvalue weighted by atomic mass is 35.5. The summed E-state index contributed by atoms with van der Waals surface area (Å²) in [6.45, 7) is 6.73. The Balaban J connectivity index is 1.78. The number of nitrogens with zero attached hydrogens (tertiary/aromatic N) is 1. The summed E-state index contributed by atoms with van der Waals surface area (Å²) in [5.41, 5.74) is 1.20. The second kappa shape index (κ2) is 6.39. The van der Waals surface area contributed by atoms with Gasteiger partial charge in [-0.3, -0.25) is 0 Å². The van der Waals surface area contributed by atoms with Crippen LogP contribution in [0.25, 0.3) is 0 Å². The summed E-state index contributed by atoms with van der Waals surface area (Å²) in [5, 5.41) is 4.48. The minimum absolute atomic E-state index is 0.647. The van der Waals surface area contributed by atoms with Crippen molar-refractivity contribution in [1.29, 1.82) is 0 Å². The SMILES string of the molecule is CCN1CCC(NCc2ccccc2Cl)CC1. The number of nitrogens with one attached hydrogen (secondary N) is 1. The van der Waals surface area contributed by atoms with Crippen molar-refractivity contribution in [3.63, 3.8) is 0 Å². The molecule has 2 rings (SSSR count). The number of benzene rings is 1. The number of rotatable bonds is 4. The number of likely N-dealkylation sites (tertiary alicyclic amines) is 1. The molecule has 0 saturated carbocycles. The molecule has 0 bridgehead atoms. The van der Waals surface area contributed by atoms with Gasteiger partial charge in [-0.05, 0) is 44.1 Å². The van der Waals surface area contributed by atoms with E-state index in [4.69, 9.17) is 11.6 Å². The van der Waals surface area contributed by atoms with Gasteiger partial charge in [0.05, 0.1) is 0 Å². The van der Waals surface area contributed by atoms with Gasteiger partial charge in [0.1, 0.15) is 0 Å². The highest BCUT2D eigenvalue weighted by molar-refractivity contribution is 6.31. The third-order valence-electron chi connectivity index (χ3n) is 3.57. The maximum absolute atomic E-state index is 6.14. The second-order valence-electron chi connectivity index (χ2n) is 4.68. The Hall–Kier alpha value is -0.570. The van der Waals surface area contributed by atoms with Gasteiger partial charge in [-0.15, -0.1) is 0 Å². The van der Waals surface area contributed by atoms with Crippen LogP contribution in [-0.4, -0.2) is 30.6 Å². The molecule has 94 valence electrons. The van der Waals surface area contributed by atoms with Crippen molar-refractivity contribution < 1.29 is 0 Å². The quantitative estimate of drug-likeness (QED) is 0.887. The predicted molar refractivity (Wildman–Crippen MR) is 73.4 cm³/mol. The van der Waals surface area contributed by atoms with Crippen molar-refractivity contribution in [2.45, 2.75) is 32.4 Å². The minimum Gasteiger partial charge on any atom is -0.310 e. The fourth-order valence-electron chi connectivity index (χ4n) is 2.35. The molecule has 1 aliphatic rings. The Morgan fingerprint density at radius 3 is 2.65 bits per heavy atom. The Morgan fingerprint density at radius 1 is 1.29 bits per heavy atom. The normalized spacial score (nSPS) is 18.5. The van der Waals surface area contributed by atoms with Crippen LogP contribution in [0.2, 0.25) is 5.02 Å². The molecule has 17 heavy (non-hydrogen) atoms. The lowest BCUT2D eigenvalue weighted by molar-refractivity contribution is 0.206. The first-order valence-corrected chi connectivity index (χ1v) is 6.86. The van der Waals surface area contributed by atoms with Gasteiger partial charge in [-0.25, -0.2) is 0 Å². The molecular formula is C14H21ClN2. The third kappa shape index (κ3) is 3.70. The molecule has 0 atom stereocenters. The van der Waals surface area contributed by atoms with Crippen LogP contribution in [0.15, 0.2) is 24.3 Å². The van der Waals surface area contributed by atoms with E-state index < -0.39 is 0 Å². The zero-order valence-electron chi connectivity index (χ0n) is 10.5. The van der Waals surface area contributed by atoms with Gasteiger partial charge in [-0.2, -0.15) is 0 Å².